The van der Waals surface area contributed by atoms with E-state index in [1.807, 2.05) is 17.0 Å². The fourth-order valence-corrected chi connectivity index (χ4v) is 4.36. The summed E-state index contributed by atoms with van der Waals surface area (Å²) in [6, 6.07) is 8.36. The zero-order valence-electron chi connectivity index (χ0n) is 16.2. The molecule has 3 rings (SSSR count). The molecule has 0 spiro atoms. The van der Waals surface area contributed by atoms with Crippen molar-refractivity contribution < 1.29 is 14.3 Å². The molecule has 2 amide bonds. The number of halogens is 1. The first-order valence-electron chi connectivity index (χ1n) is 9.79. The standard InChI is InChI=1S/C21H29BrN2O3/c1-15(2)12-24-13-16(11-19(24)25)20(26)23-14-21(7-9-27-10-8-21)17-3-5-18(22)6-4-17/h3-6,15-16H,7-14H2,1-2H3,(H,23,26). The molecule has 1 atom stereocenters. The monoisotopic (exact) mass is 436 g/mol. The van der Waals surface area contributed by atoms with Gasteiger partial charge in [0, 0.05) is 49.2 Å². The number of hydrogen-bond donors (Lipinski definition) is 1. The number of amides is 2. The average Bonchev–Trinajstić information content (AvgIpc) is 3.01. The van der Waals surface area contributed by atoms with Crippen LogP contribution in [0.4, 0.5) is 0 Å². The molecule has 2 fully saturated rings. The van der Waals surface area contributed by atoms with Crippen LogP contribution in [0.1, 0.15) is 38.7 Å². The second kappa shape index (κ2) is 8.74. The highest BCUT2D eigenvalue weighted by molar-refractivity contribution is 9.10. The summed E-state index contributed by atoms with van der Waals surface area (Å²) in [6.07, 6.45) is 2.10. The van der Waals surface area contributed by atoms with Crippen LogP contribution in [0.15, 0.2) is 28.7 Å². The number of likely N-dealkylation sites (tertiary alicyclic amines) is 1. The van der Waals surface area contributed by atoms with Gasteiger partial charge in [-0.3, -0.25) is 9.59 Å². The maximum atomic E-state index is 12.8. The Bertz CT molecular complexity index is 669. The van der Waals surface area contributed by atoms with Gasteiger partial charge in [0.2, 0.25) is 11.8 Å². The van der Waals surface area contributed by atoms with Crippen LogP contribution in [0.3, 0.4) is 0 Å². The third-order valence-corrected chi connectivity index (χ3v) is 6.21. The highest BCUT2D eigenvalue weighted by Gasteiger charge is 2.38. The average molecular weight is 437 g/mol. The minimum atomic E-state index is -0.238. The molecule has 0 aromatic heterocycles. The number of carbonyl (C=O) groups excluding carboxylic acids is 2. The number of carbonyl (C=O) groups is 2. The Kier molecular flexibility index (Phi) is 6.58. The molecule has 27 heavy (non-hydrogen) atoms. The van der Waals surface area contributed by atoms with E-state index in [1.165, 1.54) is 5.56 Å². The molecule has 0 radical (unpaired) electrons. The summed E-state index contributed by atoms with van der Waals surface area (Å²) in [4.78, 5) is 26.8. The maximum absolute atomic E-state index is 12.8. The Morgan fingerprint density at radius 1 is 1.30 bits per heavy atom. The fourth-order valence-electron chi connectivity index (χ4n) is 4.10. The molecular weight excluding hydrogens is 408 g/mol. The second-order valence-corrected chi connectivity index (χ2v) is 9.13. The number of nitrogens with zero attached hydrogens (tertiary/aromatic N) is 1. The first-order valence-corrected chi connectivity index (χ1v) is 10.6. The molecule has 2 saturated heterocycles. The number of benzene rings is 1. The Labute approximate surface area is 170 Å². The number of rotatable bonds is 6. The van der Waals surface area contributed by atoms with Crippen molar-refractivity contribution >= 4 is 27.7 Å². The molecular formula is C21H29BrN2O3. The quantitative estimate of drug-likeness (QED) is 0.744. The highest BCUT2D eigenvalue weighted by atomic mass is 79.9. The highest BCUT2D eigenvalue weighted by Crippen LogP contribution is 2.35. The van der Waals surface area contributed by atoms with Gasteiger partial charge in [0.05, 0.1) is 5.92 Å². The molecule has 5 nitrogen and oxygen atoms in total. The summed E-state index contributed by atoms with van der Waals surface area (Å²) >= 11 is 3.49. The van der Waals surface area contributed by atoms with E-state index < -0.39 is 0 Å². The Morgan fingerprint density at radius 2 is 1.96 bits per heavy atom. The number of ether oxygens (including phenoxy) is 1. The van der Waals surface area contributed by atoms with Crippen molar-refractivity contribution in [1.29, 1.82) is 0 Å². The van der Waals surface area contributed by atoms with Gasteiger partial charge >= 0.3 is 0 Å². The van der Waals surface area contributed by atoms with E-state index in [1.54, 1.807) is 0 Å². The zero-order chi connectivity index (χ0) is 19.4. The summed E-state index contributed by atoms with van der Waals surface area (Å²) in [5, 5.41) is 3.16. The SMILES string of the molecule is CC(C)CN1CC(C(=O)NCC2(c3ccc(Br)cc3)CCOCC2)CC1=O. The lowest BCUT2D eigenvalue weighted by molar-refractivity contribution is -0.129. The summed E-state index contributed by atoms with van der Waals surface area (Å²) in [6.45, 7) is 7.44. The lowest BCUT2D eigenvalue weighted by Crippen LogP contribution is -2.46. The van der Waals surface area contributed by atoms with Gasteiger partial charge < -0.3 is 15.0 Å². The van der Waals surface area contributed by atoms with Gasteiger partial charge in [0.15, 0.2) is 0 Å². The van der Waals surface area contributed by atoms with Crippen LogP contribution in [0.25, 0.3) is 0 Å². The van der Waals surface area contributed by atoms with Crippen molar-refractivity contribution in [1.82, 2.24) is 10.2 Å². The lowest BCUT2D eigenvalue weighted by Gasteiger charge is -2.38. The smallest absolute Gasteiger partial charge is 0.225 e. The molecule has 1 unspecified atom stereocenters. The molecule has 2 aliphatic rings. The topological polar surface area (TPSA) is 58.6 Å². The normalized spacial score (nSPS) is 22.3. The molecule has 1 aromatic rings. The van der Waals surface area contributed by atoms with Crippen LogP contribution < -0.4 is 5.32 Å². The van der Waals surface area contributed by atoms with Gasteiger partial charge in [-0.25, -0.2) is 0 Å². The molecule has 1 aromatic carbocycles. The third kappa shape index (κ3) is 4.91. The van der Waals surface area contributed by atoms with E-state index in [9.17, 15) is 9.59 Å². The molecule has 2 aliphatic heterocycles. The Morgan fingerprint density at radius 3 is 2.59 bits per heavy atom. The minimum Gasteiger partial charge on any atom is -0.381 e. The predicted molar refractivity (Wildman–Crippen MR) is 108 cm³/mol. The van der Waals surface area contributed by atoms with Crippen LogP contribution in [-0.4, -0.2) is 49.6 Å². The van der Waals surface area contributed by atoms with Gasteiger partial charge in [-0.2, -0.15) is 0 Å². The summed E-state index contributed by atoms with van der Waals surface area (Å²) < 4.78 is 6.62. The van der Waals surface area contributed by atoms with E-state index >= 15 is 0 Å². The van der Waals surface area contributed by atoms with E-state index in [0.717, 1.165) is 23.9 Å². The molecule has 0 saturated carbocycles. The largest absolute Gasteiger partial charge is 0.381 e. The maximum Gasteiger partial charge on any atom is 0.225 e. The zero-order valence-corrected chi connectivity index (χ0v) is 17.8. The van der Waals surface area contributed by atoms with Crippen LogP contribution in [-0.2, 0) is 19.7 Å². The van der Waals surface area contributed by atoms with Crippen molar-refractivity contribution in [2.75, 3.05) is 32.8 Å². The van der Waals surface area contributed by atoms with Crippen LogP contribution in [0.5, 0.6) is 0 Å². The van der Waals surface area contributed by atoms with Gasteiger partial charge in [-0.05, 0) is 36.5 Å². The number of hydrogen-bond acceptors (Lipinski definition) is 3. The van der Waals surface area contributed by atoms with Crippen LogP contribution in [0.2, 0.25) is 0 Å². The fraction of sp³-hybridized carbons (Fsp3) is 0.619. The molecule has 148 valence electrons. The Hall–Kier alpha value is -1.40. The summed E-state index contributed by atoms with van der Waals surface area (Å²) in [7, 11) is 0. The second-order valence-electron chi connectivity index (χ2n) is 8.21. The van der Waals surface area contributed by atoms with Crippen molar-refractivity contribution in [3.63, 3.8) is 0 Å². The molecule has 2 heterocycles. The van der Waals surface area contributed by atoms with Gasteiger partial charge in [-0.15, -0.1) is 0 Å². The van der Waals surface area contributed by atoms with E-state index in [4.69, 9.17) is 4.74 Å². The van der Waals surface area contributed by atoms with Crippen LogP contribution >= 0.6 is 15.9 Å². The van der Waals surface area contributed by atoms with Gasteiger partial charge in [-0.1, -0.05) is 41.9 Å². The lowest BCUT2D eigenvalue weighted by atomic mass is 9.74. The van der Waals surface area contributed by atoms with Crippen molar-refractivity contribution in [3.05, 3.63) is 34.3 Å². The van der Waals surface area contributed by atoms with Crippen molar-refractivity contribution in [3.8, 4) is 0 Å². The Balaban J connectivity index is 1.64. The predicted octanol–water partition coefficient (Wildman–Crippen LogP) is 3.12. The van der Waals surface area contributed by atoms with E-state index in [2.05, 4.69) is 47.2 Å². The first-order chi connectivity index (χ1) is 12.9. The number of nitrogens with one attached hydrogen (secondary N) is 1. The molecule has 6 heteroatoms. The van der Waals surface area contributed by atoms with Gasteiger partial charge in [0.1, 0.15) is 0 Å². The van der Waals surface area contributed by atoms with Crippen LogP contribution in [0, 0.1) is 11.8 Å². The van der Waals surface area contributed by atoms with Gasteiger partial charge in [0.25, 0.3) is 0 Å². The molecule has 0 aliphatic carbocycles. The molecule has 1 N–H and O–H groups in total. The molecule has 0 bridgehead atoms. The van der Waals surface area contributed by atoms with Crippen molar-refractivity contribution in [2.24, 2.45) is 11.8 Å². The summed E-state index contributed by atoms with van der Waals surface area (Å²) in [5.74, 6) is 0.270. The van der Waals surface area contributed by atoms with Crippen molar-refractivity contribution in [2.45, 2.75) is 38.5 Å². The minimum absolute atomic E-state index is 0.00224. The first kappa shape index (κ1) is 20.3. The van der Waals surface area contributed by atoms with E-state index in [-0.39, 0.29) is 23.1 Å². The van der Waals surface area contributed by atoms with E-state index in [0.29, 0.717) is 38.6 Å². The third-order valence-electron chi connectivity index (χ3n) is 5.68. The summed E-state index contributed by atoms with van der Waals surface area (Å²) in [5.41, 5.74) is 1.13.